The molecule has 3 rings (SSSR count). The molecule has 5 N–H and O–H groups in total. The first-order valence-electron chi connectivity index (χ1n) is 10.7. The molecule has 1 aromatic heterocycles. The first kappa shape index (κ1) is 26.8. The minimum absolute atomic E-state index is 0.0394. The first-order chi connectivity index (χ1) is 17.6. The summed E-state index contributed by atoms with van der Waals surface area (Å²) in [4.78, 5) is 64.0. The topological polar surface area (TPSA) is 182 Å². The smallest absolute Gasteiger partial charge is 0.336 e. The third-order valence-corrected chi connectivity index (χ3v) is 6.62. The quantitative estimate of drug-likeness (QED) is 0.198. The standard InChI is InChI=1S/C25H21N3O8S/c1-14-8-19(21(31)27-11-15-4-2-7-18(30)9-15)37-20(14)22(32)28-25(24(35)36,12-26-13-29)17-6-3-5-16(10-17)23(33)34/h2-10,30H,11-12H2,1H3,(H,27,31)(H,28,32)(H,33,34)(H,35,36)/t25-/m0/s1. The van der Waals surface area contributed by atoms with Gasteiger partial charge in [0.2, 0.25) is 6.08 Å². The van der Waals surface area contributed by atoms with Crippen LogP contribution in [0.3, 0.4) is 0 Å². The Morgan fingerprint density at radius 3 is 2.41 bits per heavy atom. The summed E-state index contributed by atoms with van der Waals surface area (Å²) >= 11 is 0.825. The Morgan fingerprint density at radius 1 is 1.03 bits per heavy atom. The van der Waals surface area contributed by atoms with E-state index in [4.69, 9.17) is 0 Å². The van der Waals surface area contributed by atoms with Crippen LogP contribution in [0.5, 0.6) is 5.75 Å². The number of aromatic carboxylic acids is 1. The Morgan fingerprint density at radius 2 is 1.76 bits per heavy atom. The molecule has 1 atom stereocenters. The number of rotatable bonds is 10. The van der Waals surface area contributed by atoms with Crippen molar-refractivity contribution in [3.63, 3.8) is 0 Å². The number of hydrogen-bond donors (Lipinski definition) is 5. The summed E-state index contributed by atoms with van der Waals surface area (Å²) in [6.07, 6.45) is 1.24. The zero-order valence-electron chi connectivity index (χ0n) is 19.3. The zero-order chi connectivity index (χ0) is 27.2. The van der Waals surface area contributed by atoms with E-state index < -0.39 is 35.8 Å². The number of phenolic OH excluding ortho intramolecular Hbond substituents is 1. The van der Waals surface area contributed by atoms with Crippen LogP contribution in [0.15, 0.2) is 59.6 Å². The lowest BCUT2D eigenvalue weighted by Crippen LogP contribution is -2.54. The van der Waals surface area contributed by atoms with Crippen molar-refractivity contribution in [3.8, 4) is 5.75 Å². The minimum Gasteiger partial charge on any atom is -0.508 e. The molecule has 0 radical (unpaired) electrons. The number of aliphatic imine (C=N–C) groups is 1. The molecule has 37 heavy (non-hydrogen) atoms. The van der Waals surface area contributed by atoms with Crippen LogP contribution in [0.2, 0.25) is 0 Å². The van der Waals surface area contributed by atoms with Crippen LogP contribution < -0.4 is 10.6 Å². The van der Waals surface area contributed by atoms with Crippen molar-refractivity contribution in [1.82, 2.24) is 10.6 Å². The van der Waals surface area contributed by atoms with Gasteiger partial charge >= 0.3 is 11.9 Å². The Hall–Kier alpha value is -4.80. The number of aromatic hydroxyl groups is 1. The third kappa shape index (κ3) is 6.07. The van der Waals surface area contributed by atoms with Crippen molar-refractivity contribution in [3.05, 3.63) is 86.6 Å². The van der Waals surface area contributed by atoms with Crippen LogP contribution in [0.4, 0.5) is 0 Å². The fraction of sp³-hybridized carbons (Fsp3) is 0.160. The number of nitrogens with one attached hydrogen (secondary N) is 2. The van der Waals surface area contributed by atoms with Gasteiger partial charge in [-0.2, -0.15) is 0 Å². The van der Waals surface area contributed by atoms with Crippen molar-refractivity contribution in [2.75, 3.05) is 6.54 Å². The number of thiophene rings is 1. The summed E-state index contributed by atoms with van der Waals surface area (Å²) in [5.41, 5.74) is -1.59. The summed E-state index contributed by atoms with van der Waals surface area (Å²) in [6.45, 7) is 0.939. The van der Waals surface area contributed by atoms with Crippen molar-refractivity contribution in [1.29, 1.82) is 0 Å². The molecule has 190 valence electrons. The number of nitrogens with zero attached hydrogens (tertiary/aromatic N) is 1. The Kier molecular flexibility index (Phi) is 8.18. The average Bonchev–Trinajstić information content (AvgIpc) is 3.26. The zero-order valence-corrected chi connectivity index (χ0v) is 20.2. The molecule has 0 saturated heterocycles. The van der Waals surface area contributed by atoms with Gasteiger partial charge in [0, 0.05) is 6.54 Å². The lowest BCUT2D eigenvalue weighted by Gasteiger charge is -2.29. The van der Waals surface area contributed by atoms with E-state index in [9.17, 15) is 39.3 Å². The molecule has 0 saturated carbocycles. The lowest BCUT2D eigenvalue weighted by molar-refractivity contribution is -0.144. The van der Waals surface area contributed by atoms with Crippen LogP contribution >= 0.6 is 11.3 Å². The predicted molar refractivity (Wildman–Crippen MR) is 132 cm³/mol. The van der Waals surface area contributed by atoms with Crippen LogP contribution in [-0.4, -0.2) is 51.7 Å². The van der Waals surface area contributed by atoms with Crippen molar-refractivity contribution >= 4 is 41.2 Å². The van der Waals surface area contributed by atoms with Gasteiger partial charge in [-0.15, -0.1) is 11.3 Å². The highest BCUT2D eigenvalue weighted by Crippen LogP contribution is 2.28. The normalized spacial score (nSPS) is 12.0. The number of carbonyl (C=O) groups is 4. The maximum atomic E-state index is 13.2. The van der Waals surface area contributed by atoms with Crippen LogP contribution in [-0.2, 0) is 21.7 Å². The minimum atomic E-state index is -2.28. The number of aliphatic carboxylic acids is 1. The molecule has 12 heteroatoms. The summed E-state index contributed by atoms with van der Waals surface area (Å²) in [7, 11) is 0. The van der Waals surface area contributed by atoms with Gasteiger partial charge in [0.15, 0.2) is 5.54 Å². The lowest BCUT2D eigenvalue weighted by atomic mass is 9.88. The number of isocyanates is 1. The number of carboxylic acids is 2. The van der Waals surface area contributed by atoms with Gasteiger partial charge in [-0.05, 0) is 53.9 Å². The highest BCUT2D eigenvalue weighted by atomic mass is 32.1. The molecule has 0 fully saturated rings. The fourth-order valence-corrected chi connectivity index (χ4v) is 4.51. The monoisotopic (exact) mass is 523 g/mol. The largest absolute Gasteiger partial charge is 0.508 e. The van der Waals surface area contributed by atoms with E-state index in [-0.39, 0.29) is 33.2 Å². The molecule has 11 nitrogen and oxygen atoms in total. The van der Waals surface area contributed by atoms with E-state index in [1.165, 1.54) is 42.5 Å². The van der Waals surface area contributed by atoms with E-state index in [1.807, 2.05) is 0 Å². The molecular formula is C25H21N3O8S. The number of amides is 2. The summed E-state index contributed by atoms with van der Waals surface area (Å²) in [6, 6.07) is 12.7. The summed E-state index contributed by atoms with van der Waals surface area (Å²) < 4.78 is 0. The second-order valence-electron chi connectivity index (χ2n) is 7.93. The maximum Gasteiger partial charge on any atom is 0.336 e. The van der Waals surface area contributed by atoms with E-state index in [0.29, 0.717) is 11.1 Å². The fourth-order valence-electron chi connectivity index (χ4n) is 3.52. The second kappa shape index (κ2) is 11.3. The maximum absolute atomic E-state index is 13.2. The molecule has 0 aliphatic heterocycles. The van der Waals surface area contributed by atoms with Gasteiger partial charge in [-0.25, -0.2) is 19.4 Å². The van der Waals surface area contributed by atoms with E-state index >= 15 is 0 Å². The Labute approximate surface area is 214 Å². The molecule has 0 unspecified atom stereocenters. The molecular weight excluding hydrogens is 502 g/mol. The van der Waals surface area contributed by atoms with Crippen LogP contribution in [0, 0.1) is 6.92 Å². The van der Waals surface area contributed by atoms with Gasteiger partial charge < -0.3 is 26.0 Å². The van der Waals surface area contributed by atoms with Crippen LogP contribution in [0.25, 0.3) is 0 Å². The third-order valence-electron chi connectivity index (χ3n) is 5.39. The van der Waals surface area contributed by atoms with Gasteiger partial charge in [0.05, 0.1) is 21.9 Å². The molecule has 3 aromatic rings. The molecule has 0 bridgehead atoms. The predicted octanol–water partition coefficient (Wildman–Crippen LogP) is 2.44. The molecule has 2 aromatic carbocycles. The van der Waals surface area contributed by atoms with E-state index in [2.05, 4.69) is 15.6 Å². The Balaban J connectivity index is 1.90. The van der Waals surface area contributed by atoms with Gasteiger partial charge in [-0.3, -0.25) is 9.59 Å². The first-order valence-corrected chi connectivity index (χ1v) is 11.5. The molecule has 2 amide bonds. The molecule has 1 heterocycles. The average molecular weight is 524 g/mol. The van der Waals surface area contributed by atoms with Gasteiger partial charge in [-0.1, -0.05) is 24.3 Å². The van der Waals surface area contributed by atoms with Crippen LogP contribution in [0.1, 0.15) is 46.4 Å². The highest BCUT2D eigenvalue weighted by Gasteiger charge is 2.43. The highest BCUT2D eigenvalue weighted by molar-refractivity contribution is 7.16. The molecule has 0 aliphatic carbocycles. The van der Waals surface area contributed by atoms with E-state index in [0.717, 1.165) is 17.4 Å². The number of carbonyl (C=O) groups excluding carboxylic acids is 3. The van der Waals surface area contributed by atoms with Crippen molar-refractivity contribution in [2.45, 2.75) is 19.0 Å². The van der Waals surface area contributed by atoms with Gasteiger partial charge in [0.25, 0.3) is 11.8 Å². The summed E-state index contributed by atoms with van der Waals surface area (Å²) in [5, 5.41) is 34.0. The molecule has 0 spiro atoms. The number of hydrogen-bond acceptors (Lipinski definition) is 8. The SMILES string of the molecule is Cc1cc(C(=O)NCc2cccc(O)c2)sc1C(=O)N[C@](CN=C=O)(C(=O)O)c1cccc(C(=O)O)c1. The molecule has 0 aliphatic rings. The van der Waals surface area contributed by atoms with E-state index in [1.54, 1.807) is 19.1 Å². The van der Waals surface area contributed by atoms with Crippen molar-refractivity contribution in [2.24, 2.45) is 4.99 Å². The Bertz CT molecular complexity index is 1430. The van der Waals surface area contributed by atoms with Gasteiger partial charge in [0.1, 0.15) is 5.75 Å². The number of aryl methyl sites for hydroxylation is 1. The number of phenols is 1. The second-order valence-corrected chi connectivity index (χ2v) is 8.99. The summed E-state index contributed by atoms with van der Waals surface area (Å²) in [5.74, 6) is -4.20. The number of benzene rings is 2. The number of carboxylic acid groups (broad SMARTS) is 2. The van der Waals surface area contributed by atoms with Crippen molar-refractivity contribution < 1.29 is 39.3 Å².